The van der Waals surface area contributed by atoms with E-state index in [1.165, 1.54) is 12.1 Å². The van der Waals surface area contributed by atoms with Crippen LogP contribution in [0.4, 0.5) is 0 Å². The summed E-state index contributed by atoms with van der Waals surface area (Å²) in [5, 5.41) is 9.00. The number of amides is 1. The monoisotopic (exact) mass is 291 g/mol. The molecule has 0 aromatic heterocycles. The number of carboxylic acids is 1. The number of carbonyl (C=O) groups is 2. The van der Waals surface area contributed by atoms with Crippen LogP contribution in [0.25, 0.3) is 0 Å². The van der Waals surface area contributed by atoms with Crippen LogP contribution in [0.2, 0.25) is 0 Å². The molecule has 0 radical (unpaired) electrons. The second kappa shape index (κ2) is 7.22. The molecular weight excluding hydrogens is 270 g/mol. The highest BCUT2D eigenvalue weighted by Gasteiger charge is 2.24. The SMILES string of the molecule is CCOCC1CCCN(C(=O)c2cccc(C(=O)O)c2)C1. The van der Waals surface area contributed by atoms with Gasteiger partial charge in [-0.2, -0.15) is 0 Å². The summed E-state index contributed by atoms with van der Waals surface area (Å²) in [5.74, 6) is -0.748. The lowest BCUT2D eigenvalue weighted by Gasteiger charge is -2.32. The van der Waals surface area contributed by atoms with Crippen molar-refractivity contribution in [3.05, 3.63) is 35.4 Å². The lowest BCUT2D eigenvalue weighted by Crippen LogP contribution is -2.41. The lowest BCUT2D eigenvalue weighted by molar-refractivity contribution is 0.0501. The molecule has 1 saturated heterocycles. The molecule has 1 amide bonds. The first-order valence-electron chi connectivity index (χ1n) is 7.32. The Labute approximate surface area is 124 Å². The molecule has 0 saturated carbocycles. The zero-order valence-electron chi connectivity index (χ0n) is 12.2. The molecule has 1 atom stereocenters. The molecule has 1 heterocycles. The number of nitrogens with zero attached hydrogens (tertiary/aromatic N) is 1. The van der Waals surface area contributed by atoms with Crippen LogP contribution >= 0.6 is 0 Å². The van der Waals surface area contributed by atoms with Gasteiger partial charge in [0.05, 0.1) is 12.2 Å². The van der Waals surface area contributed by atoms with Gasteiger partial charge in [-0.15, -0.1) is 0 Å². The topological polar surface area (TPSA) is 66.8 Å². The first-order valence-corrected chi connectivity index (χ1v) is 7.32. The molecule has 114 valence electrons. The first kappa shape index (κ1) is 15.5. The van der Waals surface area contributed by atoms with Crippen molar-refractivity contribution in [2.45, 2.75) is 19.8 Å². The van der Waals surface area contributed by atoms with Crippen molar-refractivity contribution < 1.29 is 19.4 Å². The Morgan fingerprint density at radius 1 is 1.38 bits per heavy atom. The fourth-order valence-corrected chi connectivity index (χ4v) is 2.64. The van der Waals surface area contributed by atoms with Gasteiger partial charge in [-0.1, -0.05) is 6.07 Å². The Kier molecular flexibility index (Phi) is 5.33. The number of benzene rings is 1. The second-order valence-corrected chi connectivity index (χ2v) is 5.30. The Morgan fingerprint density at radius 3 is 2.86 bits per heavy atom. The Bertz CT molecular complexity index is 515. The summed E-state index contributed by atoms with van der Waals surface area (Å²) in [5.41, 5.74) is 0.579. The van der Waals surface area contributed by atoms with Gasteiger partial charge < -0.3 is 14.7 Å². The minimum Gasteiger partial charge on any atom is -0.478 e. The van der Waals surface area contributed by atoms with Gasteiger partial charge >= 0.3 is 5.97 Å². The molecule has 1 aliphatic rings. The quantitative estimate of drug-likeness (QED) is 0.903. The number of carbonyl (C=O) groups excluding carboxylic acids is 1. The van der Waals surface area contributed by atoms with Gasteiger partial charge in [0.25, 0.3) is 5.91 Å². The average Bonchev–Trinajstić information content (AvgIpc) is 2.52. The summed E-state index contributed by atoms with van der Waals surface area (Å²) in [6.07, 6.45) is 2.03. The number of hydrogen-bond acceptors (Lipinski definition) is 3. The Hall–Kier alpha value is -1.88. The van der Waals surface area contributed by atoms with E-state index in [-0.39, 0.29) is 11.5 Å². The normalized spacial score (nSPS) is 18.5. The number of ether oxygens (including phenoxy) is 1. The molecule has 2 rings (SSSR count). The van der Waals surface area contributed by atoms with Crippen LogP contribution in [0.3, 0.4) is 0 Å². The van der Waals surface area contributed by atoms with Gasteiger partial charge in [0, 0.05) is 25.3 Å². The van der Waals surface area contributed by atoms with E-state index in [1.807, 2.05) is 6.92 Å². The van der Waals surface area contributed by atoms with E-state index in [1.54, 1.807) is 17.0 Å². The van der Waals surface area contributed by atoms with E-state index >= 15 is 0 Å². The summed E-state index contributed by atoms with van der Waals surface area (Å²) >= 11 is 0. The molecule has 0 aliphatic carbocycles. The number of piperidine rings is 1. The summed E-state index contributed by atoms with van der Waals surface area (Å²) in [4.78, 5) is 25.3. The van der Waals surface area contributed by atoms with Gasteiger partial charge in [0.15, 0.2) is 0 Å². The molecule has 1 unspecified atom stereocenters. The minimum atomic E-state index is -1.02. The highest BCUT2D eigenvalue weighted by Crippen LogP contribution is 2.19. The van der Waals surface area contributed by atoms with Crippen LogP contribution in [0, 0.1) is 5.92 Å². The van der Waals surface area contributed by atoms with Crippen LogP contribution in [-0.2, 0) is 4.74 Å². The van der Waals surface area contributed by atoms with E-state index in [2.05, 4.69) is 0 Å². The summed E-state index contributed by atoms with van der Waals surface area (Å²) in [7, 11) is 0. The third-order valence-corrected chi connectivity index (χ3v) is 3.72. The van der Waals surface area contributed by atoms with Crippen LogP contribution in [0.1, 0.15) is 40.5 Å². The summed E-state index contributed by atoms with van der Waals surface area (Å²) < 4.78 is 5.44. The summed E-state index contributed by atoms with van der Waals surface area (Å²) in [6.45, 7) is 4.72. The van der Waals surface area contributed by atoms with Crippen LogP contribution in [-0.4, -0.2) is 48.2 Å². The maximum atomic E-state index is 12.5. The van der Waals surface area contributed by atoms with E-state index in [9.17, 15) is 9.59 Å². The zero-order chi connectivity index (χ0) is 15.2. The molecule has 1 fully saturated rings. The highest BCUT2D eigenvalue weighted by molar-refractivity contribution is 5.97. The zero-order valence-corrected chi connectivity index (χ0v) is 12.2. The molecule has 21 heavy (non-hydrogen) atoms. The van der Waals surface area contributed by atoms with Crippen molar-refractivity contribution in [3.8, 4) is 0 Å². The van der Waals surface area contributed by atoms with Crippen LogP contribution < -0.4 is 0 Å². The number of hydrogen-bond donors (Lipinski definition) is 1. The molecule has 1 aromatic carbocycles. The van der Waals surface area contributed by atoms with Crippen molar-refractivity contribution in [3.63, 3.8) is 0 Å². The predicted molar refractivity (Wildman–Crippen MR) is 78.5 cm³/mol. The number of carboxylic acid groups (broad SMARTS) is 1. The molecule has 1 N–H and O–H groups in total. The predicted octanol–water partition coefficient (Wildman–Crippen LogP) is 2.27. The van der Waals surface area contributed by atoms with E-state index < -0.39 is 5.97 Å². The standard InChI is InChI=1S/C16H21NO4/c1-2-21-11-12-5-4-8-17(10-12)15(18)13-6-3-7-14(9-13)16(19)20/h3,6-7,9,12H,2,4-5,8,10-11H2,1H3,(H,19,20). The largest absolute Gasteiger partial charge is 0.478 e. The molecule has 0 spiro atoms. The molecule has 5 nitrogen and oxygen atoms in total. The number of aromatic carboxylic acids is 1. The molecule has 1 aromatic rings. The van der Waals surface area contributed by atoms with Crippen molar-refractivity contribution in [2.24, 2.45) is 5.92 Å². The van der Waals surface area contributed by atoms with Crippen molar-refractivity contribution in [2.75, 3.05) is 26.3 Å². The molecule has 0 bridgehead atoms. The average molecular weight is 291 g/mol. The summed E-state index contributed by atoms with van der Waals surface area (Å²) in [6, 6.07) is 6.21. The van der Waals surface area contributed by atoms with Gasteiger partial charge in [0.2, 0.25) is 0 Å². The molecular formula is C16H21NO4. The fourth-order valence-electron chi connectivity index (χ4n) is 2.64. The van der Waals surface area contributed by atoms with Crippen molar-refractivity contribution in [1.82, 2.24) is 4.90 Å². The lowest BCUT2D eigenvalue weighted by atomic mass is 9.98. The number of likely N-dealkylation sites (tertiary alicyclic amines) is 1. The van der Waals surface area contributed by atoms with Gasteiger partial charge in [-0.05, 0) is 43.9 Å². The fraction of sp³-hybridized carbons (Fsp3) is 0.500. The van der Waals surface area contributed by atoms with E-state index in [0.29, 0.717) is 31.2 Å². The number of rotatable bonds is 5. The van der Waals surface area contributed by atoms with Gasteiger partial charge in [0.1, 0.15) is 0 Å². The Morgan fingerprint density at radius 2 is 2.14 bits per heavy atom. The van der Waals surface area contributed by atoms with Crippen molar-refractivity contribution in [1.29, 1.82) is 0 Å². The highest BCUT2D eigenvalue weighted by atomic mass is 16.5. The smallest absolute Gasteiger partial charge is 0.335 e. The molecule has 1 aliphatic heterocycles. The van der Waals surface area contributed by atoms with Gasteiger partial charge in [-0.3, -0.25) is 4.79 Å². The first-order chi connectivity index (χ1) is 10.1. The Balaban J connectivity index is 2.05. The van der Waals surface area contributed by atoms with E-state index in [0.717, 1.165) is 19.4 Å². The second-order valence-electron chi connectivity index (χ2n) is 5.30. The van der Waals surface area contributed by atoms with Crippen LogP contribution in [0.5, 0.6) is 0 Å². The maximum Gasteiger partial charge on any atom is 0.335 e. The van der Waals surface area contributed by atoms with Gasteiger partial charge in [-0.25, -0.2) is 4.79 Å². The minimum absolute atomic E-state index is 0.0979. The van der Waals surface area contributed by atoms with Crippen LogP contribution in [0.15, 0.2) is 24.3 Å². The molecule has 5 heteroatoms. The third-order valence-electron chi connectivity index (χ3n) is 3.72. The third kappa shape index (κ3) is 4.04. The maximum absolute atomic E-state index is 12.5. The van der Waals surface area contributed by atoms with E-state index in [4.69, 9.17) is 9.84 Å². The van der Waals surface area contributed by atoms with Crippen molar-refractivity contribution >= 4 is 11.9 Å².